The second kappa shape index (κ2) is 10.7. The first-order chi connectivity index (χ1) is 18.5. The zero-order valence-electron chi connectivity index (χ0n) is 20.5. The molecule has 3 heterocycles. The van der Waals surface area contributed by atoms with Crippen LogP contribution in [0, 0.1) is 0 Å². The standard InChI is InChI=1S/C27H25N9O2/c1-29-26-30-13-10-22(35-26)20-15-33-21-9-8-17(14-19(20)21)25(38)34-23(24(28)37)16-36(18-6-3-2-4-7-18)27-31-11-5-12-32-27/h2-15,23,33H,16H2,1H3,(H2,28,37)(H,34,38)(H,29,30,35)/t23-/m0/s1. The fourth-order valence-corrected chi connectivity index (χ4v) is 4.07. The van der Waals surface area contributed by atoms with Crippen molar-refractivity contribution in [1.29, 1.82) is 0 Å². The molecule has 0 spiro atoms. The molecular formula is C27H25N9O2. The molecule has 0 bridgehead atoms. The highest BCUT2D eigenvalue weighted by Gasteiger charge is 2.25. The van der Waals surface area contributed by atoms with Crippen LogP contribution in [0.3, 0.4) is 0 Å². The van der Waals surface area contributed by atoms with Gasteiger partial charge in [-0.3, -0.25) is 9.59 Å². The van der Waals surface area contributed by atoms with Crippen LogP contribution in [0.1, 0.15) is 10.4 Å². The van der Waals surface area contributed by atoms with Gasteiger partial charge in [0.15, 0.2) is 0 Å². The first-order valence-corrected chi connectivity index (χ1v) is 11.9. The van der Waals surface area contributed by atoms with Gasteiger partial charge in [-0.15, -0.1) is 0 Å². The van der Waals surface area contributed by atoms with Gasteiger partial charge in [0.1, 0.15) is 6.04 Å². The Hall–Kier alpha value is -5.32. The normalized spacial score (nSPS) is 11.6. The quantitative estimate of drug-likeness (QED) is 0.237. The topological polar surface area (TPSA) is 155 Å². The summed E-state index contributed by atoms with van der Waals surface area (Å²) in [5.41, 5.74) is 9.20. The van der Waals surface area contributed by atoms with Crippen LogP contribution in [0.25, 0.3) is 22.2 Å². The third-order valence-corrected chi connectivity index (χ3v) is 5.97. The van der Waals surface area contributed by atoms with Gasteiger partial charge in [0.05, 0.1) is 12.2 Å². The van der Waals surface area contributed by atoms with Crippen molar-refractivity contribution in [3.8, 4) is 11.3 Å². The van der Waals surface area contributed by atoms with Crippen molar-refractivity contribution >= 4 is 40.3 Å². The van der Waals surface area contributed by atoms with Crippen LogP contribution >= 0.6 is 0 Å². The number of anilines is 3. The third-order valence-electron chi connectivity index (χ3n) is 5.97. The number of aromatic nitrogens is 5. The monoisotopic (exact) mass is 507 g/mol. The summed E-state index contributed by atoms with van der Waals surface area (Å²) in [5.74, 6) is -0.258. The lowest BCUT2D eigenvalue weighted by molar-refractivity contribution is -0.119. The van der Waals surface area contributed by atoms with Crippen LogP contribution < -0.4 is 21.3 Å². The highest BCUT2D eigenvalue weighted by molar-refractivity contribution is 6.03. The van der Waals surface area contributed by atoms with Gasteiger partial charge in [-0.25, -0.2) is 19.9 Å². The first kappa shape index (κ1) is 24.4. The van der Waals surface area contributed by atoms with Crippen molar-refractivity contribution in [1.82, 2.24) is 30.2 Å². The van der Waals surface area contributed by atoms with E-state index >= 15 is 0 Å². The predicted octanol–water partition coefficient (Wildman–Crippen LogP) is 2.88. The number of carbonyl (C=O) groups excluding carboxylic acids is 2. The Labute approximate surface area is 218 Å². The number of primary amides is 1. The molecule has 5 aromatic rings. The van der Waals surface area contributed by atoms with E-state index in [1.54, 1.807) is 60.9 Å². The van der Waals surface area contributed by atoms with E-state index in [4.69, 9.17) is 5.73 Å². The zero-order chi connectivity index (χ0) is 26.5. The summed E-state index contributed by atoms with van der Waals surface area (Å²) < 4.78 is 0. The number of fused-ring (bicyclic) bond motifs is 1. The number of nitrogens with zero attached hydrogens (tertiary/aromatic N) is 5. The summed E-state index contributed by atoms with van der Waals surface area (Å²) in [5, 5.41) is 6.51. The molecule has 1 atom stereocenters. The lowest BCUT2D eigenvalue weighted by Gasteiger charge is -2.26. The lowest BCUT2D eigenvalue weighted by atomic mass is 10.1. The van der Waals surface area contributed by atoms with Gasteiger partial charge in [0.2, 0.25) is 17.8 Å². The minimum Gasteiger partial charge on any atom is -0.368 e. The molecule has 0 radical (unpaired) electrons. The second-order valence-corrected chi connectivity index (χ2v) is 8.40. The number of hydrogen-bond donors (Lipinski definition) is 4. The highest BCUT2D eigenvalue weighted by atomic mass is 16.2. The number of amides is 2. The summed E-state index contributed by atoms with van der Waals surface area (Å²) in [7, 11) is 1.74. The molecule has 11 heteroatoms. The number of para-hydroxylation sites is 1. The Morgan fingerprint density at radius 3 is 2.53 bits per heavy atom. The molecule has 0 saturated carbocycles. The lowest BCUT2D eigenvalue weighted by Crippen LogP contribution is -2.50. The average Bonchev–Trinajstić information content (AvgIpc) is 3.39. The van der Waals surface area contributed by atoms with E-state index in [0.29, 0.717) is 23.2 Å². The Morgan fingerprint density at radius 1 is 1.00 bits per heavy atom. The van der Waals surface area contributed by atoms with Gasteiger partial charge in [0.25, 0.3) is 5.91 Å². The van der Waals surface area contributed by atoms with Crippen molar-refractivity contribution in [3.63, 3.8) is 0 Å². The molecule has 0 saturated heterocycles. The molecule has 38 heavy (non-hydrogen) atoms. The maximum atomic E-state index is 13.3. The van der Waals surface area contributed by atoms with Gasteiger partial charge in [-0.05, 0) is 42.5 Å². The maximum absolute atomic E-state index is 13.3. The molecule has 5 N–H and O–H groups in total. The zero-order valence-corrected chi connectivity index (χ0v) is 20.5. The summed E-state index contributed by atoms with van der Waals surface area (Å²) >= 11 is 0. The number of nitrogens with one attached hydrogen (secondary N) is 3. The summed E-state index contributed by atoms with van der Waals surface area (Å²) in [6.07, 6.45) is 6.71. The molecule has 5 rings (SSSR count). The average molecular weight is 508 g/mol. The molecule has 190 valence electrons. The van der Waals surface area contributed by atoms with Crippen molar-refractivity contribution in [2.75, 3.05) is 23.8 Å². The van der Waals surface area contributed by atoms with Crippen molar-refractivity contribution in [3.05, 3.63) is 91.0 Å². The molecule has 0 aliphatic rings. The molecule has 11 nitrogen and oxygen atoms in total. The predicted molar refractivity (Wildman–Crippen MR) is 145 cm³/mol. The van der Waals surface area contributed by atoms with E-state index in [-0.39, 0.29) is 6.54 Å². The molecule has 2 aromatic carbocycles. The van der Waals surface area contributed by atoms with E-state index in [1.807, 2.05) is 36.5 Å². The summed E-state index contributed by atoms with van der Waals surface area (Å²) in [4.78, 5) is 48.0. The van der Waals surface area contributed by atoms with Gasteiger partial charge in [0, 0.05) is 59.6 Å². The number of rotatable bonds is 9. The molecular weight excluding hydrogens is 482 g/mol. The summed E-state index contributed by atoms with van der Waals surface area (Å²) in [6, 6.07) is 17.1. The maximum Gasteiger partial charge on any atom is 0.252 e. The number of carbonyl (C=O) groups is 2. The van der Waals surface area contributed by atoms with E-state index in [2.05, 4.69) is 35.6 Å². The number of nitrogens with two attached hydrogens (primary N) is 1. The second-order valence-electron chi connectivity index (χ2n) is 8.40. The molecule has 0 fully saturated rings. The van der Waals surface area contributed by atoms with E-state index in [9.17, 15) is 9.59 Å². The molecule has 0 unspecified atom stereocenters. The van der Waals surface area contributed by atoms with Crippen molar-refractivity contribution < 1.29 is 9.59 Å². The Balaban J connectivity index is 1.42. The molecule has 3 aromatic heterocycles. The van der Waals surface area contributed by atoms with Crippen LogP contribution in [0.15, 0.2) is 85.5 Å². The first-order valence-electron chi connectivity index (χ1n) is 11.9. The van der Waals surface area contributed by atoms with Crippen LogP contribution in [-0.4, -0.2) is 56.4 Å². The van der Waals surface area contributed by atoms with Crippen LogP contribution in [0.5, 0.6) is 0 Å². The minimum atomic E-state index is -1.02. The van der Waals surface area contributed by atoms with E-state index in [0.717, 1.165) is 22.2 Å². The number of aromatic amines is 1. The van der Waals surface area contributed by atoms with Crippen LogP contribution in [0.2, 0.25) is 0 Å². The molecule has 0 aliphatic heterocycles. The SMILES string of the molecule is CNc1nccc(-c2c[nH]c3ccc(C(=O)N[C@@H](CN(c4ccccc4)c4ncccn4)C(N)=O)cc23)n1. The fraction of sp³-hybridized carbons (Fsp3) is 0.111. The smallest absolute Gasteiger partial charge is 0.252 e. The Bertz CT molecular complexity index is 1530. The number of H-pyrrole nitrogens is 1. The van der Waals surface area contributed by atoms with Gasteiger partial charge < -0.3 is 26.3 Å². The molecule has 2 amide bonds. The van der Waals surface area contributed by atoms with Crippen LogP contribution in [0.4, 0.5) is 17.6 Å². The van der Waals surface area contributed by atoms with Crippen LogP contribution in [-0.2, 0) is 4.79 Å². The molecule has 0 aliphatic carbocycles. The van der Waals surface area contributed by atoms with Gasteiger partial charge >= 0.3 is 0 Å². The van der Waals surface area contributed by atoms with Gasteiger partial charge in [-0.2, -0.15) is 0 Å². The third kappa shape index (κ3) is 5.12. The Morgan fingerprint density at radius 2 is 1.79 bits per heavy atom. The van der Waals surface area contributed by atoms with Crippen molar-refractivity contribution in [2.24, 2.45) is 5.73 Å². The van der Waals surface area contributed by atoms with E-state index in [1.165, 1.54) is 0 Å². The van der Waals surface area contributed by atoms with E-state index < -0.39 is 17.9 Å². The highest BCUT2D eigenvalue weighted by Crippen LogP contribution is 2.28. The minimum absolute atomic E-state index is 0.0421. The fourth-order valence-electron chi connectivity index (χ4n) is 4.07. The van der Waals surface area contributed by atoms with Crippen molar-refractivity contribution in [2.45, 2.75) is 6.04 Å². The van der Waals surface area contributed by atoms with Gasteiger partial charge in [-0.1, -0.05) is 18.2 Å². The Kier molecular flexibility index (Phi) is 6.89. The number of hydrogen-bond acceptors (Lipinski definition) is 8. The number of benzene rings is 2. The summed E-state index contributed by atoms with van der Waals surface area (Å²) in [6.45, 7) is 0.0421. The largest absolute Gasteiger partial charge is 0.368 e.